The van der Waals surface area contributed by atoms with Crippen LogP contribution in [-0.2, 0) is 14.3 Å². The van der Waals surface area contributed by atoms with E-state index in [2.05, 4.69) is 26.6 Å². The fraction of sp³-hybridized carbons (Fsp3) is 0.188. The number of carbonyl (C=O) groups excluding carboxylic acids is 3. The monoisotopic (exact) mass is 394 g/mol. The number of furan rings is 1. The van der Waals surface area contributed by atoms with E-state index in [0.717, 1.165) is 10.0 Å². The van der Waals surface area contributed by atoms with Gasteiger partial charge in [-0.15, -0.1) is 0 Å². The van der Waals surface area contributed by atoms with Gasteiger partial charge in [0.25, 0.3) is 11.8 Å². The van der Waals surface area contributed by atoms with Gasteiger partial charge in [0.15, 0.2) is 12.4 Å². The SMILES string of the molecule is Cc1cc(Br)ccc1NC(=O)COC(=O)CNC(=O)c1ccco1. The Bertz CT molecular complexity index is 743. The lowest BCUT2D eigenvalue weighted by molar-refractivity contribution is -0.146. The molecule has 0 saturated carbocycles. The van der Waals surface area contributed by atoms with Crippen molar-refractivity contribution in [2.45, 2.75) is 6.92 Å². The number of esters is 1. The van der Waals surface area contributed by atoms with Crippen LogP contribution in [0.5, 0.6) is 0 Å². The van der Waals surface area contributed by atoms with Crippen molar-refractivity contribution < 1.29 is 23.5 Å². The summed E-state index contributed by atoms with van der Waals surface area (Å²) in [6.07, 6.45) is 1.35. The maximum Gasteiger partial charge on any atom is 0.325 e. The minimum absolute atomic E-state index is 0.0891. The van der Waals surface area contributed by atoms with Gasteiger partial charge in [0, 0.05) is 10.2 Å². The second kappa shape index (κ2) is 8.30. The smallest absolute Gasteiger partial charge is 0.325 e. The highest BCUT2D eigenvalue weighted by atomic mass is 79.9. The van der Waals surface area contributed by atoms with Gasteiger partial charge in [-0.25, -0.2) is 0 Å². The van der Waals surface area contributed by atoms with Crippen LogP contribution >= 0.6 is 15.9 Å². The predicted molar refractivity (Wildman–Crippen MR) is 89.5 cm³/mol. The molecule has 0 aliphatic heterocycles. The summed E-state index contributed by atoms with van der Waals surface area (Å²) in [5.41, 5.74) is 1.50. The van der Waals surface area contributed by atoms with Crippen molar-refractivity contribution in [3.05, 3.63) is 52.4 Å². The Morgan fingerprint density at radius 3 is 2.71 bits per heavy atom. The molecule has 0 fully saturated rings. The molecule has 0 radical (unpaired) electrons. The van der Waals surface area contributed by atoms with Crippen LogP contribution < -0.4 is 10.6 Å². The van der Waals surface area contributed by atoms with Crippen LogP contribution in [0.3, 0.4) is 0 Å². The van der Waals surface area contributed by atoms with E-state index in [-0.39, 0.29) is 12.3 Å². The Balaban J connectivity index is 1.73. The van der Waals surface area contributed by atoms with Crippen molar-refractivity contribution in [1.29, 1.82) is 0 Å². The third-order valence-corrected chi connectivity index (χ3v) is 3.46. The number of aryl methyl sites for hydroxylation is 1. The van der Waals surface area contributed by atoms with Crippen LogP contribution in [0.15, 0.2) is 45.5 Å². The van der Waals surface area contributed by atoms with Gasteiger partial charge in [-0.1, -0.05) is 15.9 Å². The lowest BCUT2D eigenvalue weighted by Crippen LogP contribution is -2.32. The van der Waals surface area contributed by atoms with E-state index in [0.29, 0.717) is 5.69 Å². The number of amides is 2. The first-order valence-electron chi connectivity index (χ1n) is 6.99. The standard InChI is InChI=1S/C16H15BrN2O5/c1-10-7-11(17)4-5-12(10)19-14(20)9-24-15(21)8-18-16(22)13-3-2-6-23-13/h2-7H,8-9H2,1H3,(H,18,22)(H,19,20). The molecule has 1 aromatic carbocycles. The van der Waals surface area contributed by atoms with Gasteiger partial charge in [0.2, 0.25) is 0 Å². The highest BCUT2D eigenvalue weighted by Gasteiger charge is 2.12. The van der Waals surface area contributed by atoms with Crippen LogP contribution in [0, 0.1) is 6.92 Å². The van der Waals surface area contributed by atoms with Crippen molar-refractivity contribution in [2.75, 3.05) is 18.5 Å². The molecule has 2 N–H and O–H groups in total. The first kappa shape index (κ1) is 17.7. The zero-order chi connectivity index (χ0) is 17.5. The van der Waals surface area contributed by atoms with E-state index in [1.54, 1.807) is 18.2 Å². The van der Waals surface area contributed by atoms with Gasteiger partial charge in [-0.3, -0.25) is 14.4 Å². The van der Waals surface area contributed by atoms with E-state index < -0.39 is 24.4 Å². The number of halogens is 1. The quantitative estimate of drug-likeness (QED) is 0.732. The fourth-order valence-electron chi connectivity index (χ4n) is 1.80. The van der Waals surface area contributed by atoms with Crippen LogP contribution in [0.25, 0.3) is 0 Å². The molecule has 7 nitrogen and oxygen atoms in total. The summed E-state index contributed by atoms with van der Waals surface area (Å²) in [5, 5.41) is 4.97. The maximum atomic E-state index is 11.8. The average Bonchev–Trinajstić information content (AvgIpc) is 3.08. The Morgan fingerprint density at radius 2 is 2.04 bits per heavy atom. The zero-order valence-electron chi connectivity index (χ0n) is 12.8. The minimum Gasteiger partial charge on any atom is -0.459 e. The zero-order valence-corrected chi connectivity index (χ0v) is 14.4. The van der Waals surface area contributed by atoms with Crippen LogP contribution in [0.1, 0.15) is 16.1 Å². The normalized spacial score (nSPS) is 10.1. The van der Waals surface area contributed by atoms with Crippen LogP contribution in [-0.4, -0.2) is 30.9 Å². The molecule has 0 saturated heterocycles. The fourth-order valence-corrected chi connectivity index (χ4v) is 2.27. The highest BCUT2D eigenvalue weighted by molar-refractivity contribution is 9.10. The summed E-state index contributed by atoms with van der Waals surface area (Å²) < 4.78 is 10.6. The minimum atomic E-state index is -0.724. The molecular formula is C16H15BrN2O5. The van der Waals surface area contributed by atoms with E-state index in [4.69, 9.17) is 9.15 Å². The van der Waals surface area contributed by atoms with Crippen LogP contribution in [0.4, 0.5) is 5.69 Å². The number of nitrogens with one attached hydrogen (secondary N) is 2. The van der Waals surface area contributed by atoms with E-state index in [1.807, 2.05) is 13.0 Å². The second-order valence-corrected chi connectivity index (χ2v) is 5.74. The summed E-state index contributed by atoms with van der Waals surface area (Å²) in [6.45, 7) is 1.05. The second-order valence-electron chi connectivity index (χ2n) is 4.83. The van der Waals surface area contributed by atoms with Gasteiger partial charge in [0.1, 0.15) is 6.54 Å². The maximum absolute atomic E-state index is 11.8. The largest absolute Gasteiger partial charge is 0.459 e. The number of benzene rings is 1. The molecule has 126 valence electrons. The molecule has 0 aliphatic rings. The lowest BCUT2D eigenvalue weighted by Gasteiger charge is -2.09. The third-order valence-electron chi connectivity index (χ3n) is 2.97. The molecule has 2 rings (SSSR count). The van der Waals surface area contributed by atoms with Crippen molar-refractivity contribution in [2.24, 2.45) is 0 Å². The third kappa shape index (κ3) is 5.24. The number of anilines is 1. The molecule has 0 bridgehead atoms. The van der Waals surface area contributed by atoms with E-state index in [1.165, 1.54) is 12.3 Å². The van der Waals surface area contributed by atoms with E-state index >= 15 is 0 Å². The van der Waals surface area contributed by atoms with Crippen molar-refractivity contribution in [3.8, 4) is 0 Å². The summed E-state index contributed by atoms with van der Waals surface area (Å²) >= 11 is 3.33. The highest BCUT2D eigenvalue weighted by Crippen LogP contribution is 2.19. The molecule has 24 heavy (non-hydrogen) atoms. The van der Waals surface area contributed by atoms with Crippen LogP contribution in [0.2, 0.25) is 0 Å². The van der Waals surface area contributed by atoms with Gasteiger partial charge in [-0.05, 0) is 42.8 Å². The van der Waals surface area contributed by atoms with E-state index in [9.17, 15) is 14.4 Å². The van der Waals surface area contributed by atoms with Crippen molar-refractivity contribution >= 4 is 39.4 Å². The number of hydrogen-bond acceptors (Lipinski definition) is 5. The summed E-state index contributed by atoms with van der Waals surface area (Å²) in [7, 11) is 0. The molecule has 2 amide bonds. The molecule has 0 aliphatic carbocycles. The van der Waals surface area contributed by atoms with Crippen molar-refractivity contribution in [3.63, 3.8) is 0 Å². The number of hydrogen-bond donors (Lipinski definition) is 2. The summed E-state index contributed by atoms with van der Waals surface area (Å²) in [4.78, 5) is 34.9. The molecule has 8 heteroatoms. The Morgan fingerprint density at radius 1 is 1.25 bits per heavy atom. The van der Waals surface area contributed by atoms with Gasteiger partial charge >= 0.3 is 5.97 Å². The Hall–Kier alpha value is -2.61. The van der Waals surface area contributed by atoms with Gasteiger partial charge in [0.05, 0.1) is 6.26 Å². The topological polar surface area (TPSA) is 97.6 Å². The lowest BCUT2D eigenvalue weighted by atomic mass is 10.2. The first-order chi connectivity index (χ1) is 11.5. The first-order valence-corrected chi connectivity index (χ1v) is 7.78. The summed E-state index contributed by atoms with van der Waals surface area (Å²) in [6, 6.07) is 8.41. The predicted octanol–water partition coefficient (Wildman–Crippen LogP) is 2.26. The molecule has 0 atom stereocenters. The molecular weight excluding hydrogens is 380 g/mol. The van der Waals surface area contributed by atoms with Gasteiger partial charge < -0.3 is 19.8 Å². The van der Waals surface area contributed by atoms with Gasteiger partial charge in [-0.2, -0.15) is 0 Å². The Labute approximate surface area is 146 Å². The summed E-state index contributed by atoms with van der Waals surface area (Å²) in [5.74, 6) is -1.64. The molecule has 1 aromatic heterocycles. The molecule has 0 unspecified atom stereocenters. The molecule has 0 spiro atoms. The van der Waals surface area contributed by atoms with Crippen molar-refractivity contribution in [1.82, 2.24) is 5.32 Å². The Kier molecular flexibility index (Phi) is 6.14. The number of carbonyl (C=O) groups is 3. The number of ether oxygens (including phenoxy) is 1. The molecule has 1 heterocycles. The molecule has 2 aromatic rings. The number of rotatable bonds is 6. The average molecular weight is 395 g/mol.